The maximum Gasteiger partial charge on any atom is 0.428 e. The van der Waals surface area contributed by atoms with E-state index in [1.54, 1.807) is 24.3 Å². The molecule has 0 radical (unpaired) electrons. The van der Waals surface area contributed by atoms with E-state index in [1.165, 1.54) is 0 Å². The molecule has 0 bridgehead atoms. The van der Waals surface area contributed by atoms with Crippen molar-refractivity contribution in [1.82, 2.24) is 10.4 Å². The summed E-state index contributed by atoms with van der Waals surface area (Å²) in [6.45, 7) is 1.20. The molecule has 1 saturated carbocycles. The summed E-state index contributed by atoms with van der Waals surface area (Å²) >= 11 is 5.74. The summed E-state index contributed by atoms with van der Waals surface area (Å²) < 4.78 is 82.3. The molecule has 1 N–H and O–H groups in total. The molecule has 2 aromatic carbocycles. The predicted molar refractivity (Wildman–Crippen MR) is 119 cm³/mol. The van der Waals surface area contributed by atoms with Crippen LogP contribution in [0.15, 0.2) is 48.5 Å². The van der Waals surface area contributed by atoms with Crippen LogP contribution in [0.3, 0.4) is 0 Å². The fourth-order valence-corrected chi connectivity index (χ4v) is 4.71. The SMILES string of the molecule is O=C(CC1CC1)N1CC(c2ccc(C3=CC(c4cc(Cl)cc(C(F)(F)F)c4)(C(F)(F)F)ON3)cc2)C1. The van der Waals surface area contributed by atoms with Crippen molar-refractivity contribution in [2.45, 2.75) is 43.1 Å². The highest BCUT2D eigenvalue weighted by Gasteiger charge is 2.60. The first-order chi connectivity index (χ1) is 16.9. The molecule has 3 aliphatic rings. The molecular weight excluding hydrogens is 510 g/mol. The Bertz CT molecular complexity index is 1200. The minimum atomic E-state index is -5.09. The number of rotatable bonds is 5. The van der Waals surface area contributed by atoms with Crippen LogP contribution in [0.5, 0.6) is 0 Å². The number of carbonyl (C=O) groups excluding carboxylic acids is 1. The van der Waals surface area contributed by atoms with Gasteiger partial charge in [0.05, 0.1) is 11.3 Å². The quantitative estimate of drug-likeness (QED) is 0.454. The molecule has 4 nitrogen and oxygen atoms in total. The summed E-state index contributed by atoms with van der Waals surface area (Å²) in [6.07, 6.45) is -6.46. The number of carbonyl (C=O) groups is 1. The molecule has 1 atom stereocenters. The van der Waals surface area contributed by atoms with Gasteiger partial charge in [-0.1, -0.05) is 35.9 Å². The third-order valence-corrected chi connectivity index (χ3v) is 7.05. The van der Waals surface area contributed by atoms with Gasteiger partial charge >= 0.3 is 12.4 Å². The van der Waals surface area contributed by atoms with Gasteiger partial charge in [-0.2, -0.15) is 26.3 Å². The molecule has 2 aromatic rings. The number of nitrogens with one attached hydrogen (secondary N) is 1. The normalized spacial score (nSPS) is 22.8. The molecule has 0 aromatic heterocycles. The number of halogens is 7. The average Bonchev–Trinajstić information content (AvgIpc) is 3.44. The van der Waals surface area contributed by atoms with Crippen LogP contribution in [0.25, 0.3) is 5.70 Å². The maximum absolute atomic E-state index is 14.2. The predicted octanol–water partition coefficient (Wildman–Crippen LogP) is 6.42. The van der Waals surface area contributed by atoms with Gasteiger partial charge in [0.15, 0.2) is 0 Å². The molecule has 11 heteroatoms. The van der Waals surface area contributed by atoms with E-state index in [0.717, 1.165) is 30.5 Å². The Hall–Kier alpha value is -2.72. The molecule has 0 spiro atoms. The molecule has 192 valence electrons. The van der Waals surface area contributed by atoms with Crippen molar-refractivity contribution in [3.8, 4) is 0 Å². The molecule has 1 saturated heterocycles. The van der Waals surface area contributed by atoms with E-state index in [1.807, 2.05) is 4.90 Å². The first-order valence-electron chi connectivity index (χ1n) is 11.4. The average molecular weight is 531 g/mol. The van der Waals surface area contributed by atoms with E-state index in [-0.39, 0.29) is 17.5 Å². The van der Waals surface area contributed by atoms with Crippen molar-refractivity contribution in [2.75, 3.05) is 13.1 Å². The molecule has 2 aliphatic heterocycles. The van der Waals surface area contributed by atoms with Gasteiger partial charge < -0.3 is 4.90 Å². The summed E-state index contributed by atoms with van der Waals surface area (Å²) in [7, 11) is 0. The Kier molecular flexibility index (Phi) is 6.02. The molecule has 1 amide bonds. The lowest BCUT2D eigenvalue weighted by atomic mass is 9.88. The molecule has 5 rings (SSSR count). The third kappa shape index (κ3) is 4.68. The third-order valence-electron chi connectivity index (χ3n) is 6.83. The van der Waals surface area contributed by atoms with Gasteiger partial charge in [-0.15, -0.1) is 0 Å². The molecule has 2 fully saturated rings. The van der Waals surface area contributed by atoms with E-state index in [9.17, 15) is 31.1 Å². The molecule has 1 aliphatic carbocycles. The molecule has 1 unspecified atom stereocenters. The molecule has 2 heterocycles. The van der Waals surface area contributed by atoms with Crippen LogP contribution in [0.1, 0.15) is 47.4 Å². The van der Waals surface area contributed by atoms with Crippen LogP contribution in [0.4, 0.5) is 26.3 Å². The standard InChI is InChI=1S/C25H21ClF6N2O2/c26-20-9-18(8-19(10-20)24(27,28)29)23(25(30,31)32)11-21(33-36-23)16-5-3-15(4-6-16)17-12-34(13-17)22(35)7-14-1-2-14/h3-6,8-11,14,17,33H,1-2,7,12-13H2. The topological polar surface area (TPSA) is 41.6 Å². The highest BCUT2D eigenvalue weighted by atomic mass is 35.5. The first kappa shape index (κ1) is 25.0. The van der Waals surface area contributed by atoms with Crippen molar-refractivity contribution in [3.05, 3.63) is 75.8 Å². The first-order valence-corrected chi connectivity index (χ1v) is 11.7. The van der Waals surface area contributed by atoms with Crippen LogP contribution in [0, 0.1) is 5.92 Å². The number of nitrogens with zero attached hydrogens (tertiary/aromatic N) is 1. The second kappa shape index (κ2) is 8.69. The van der Waals surface area contributed by atoms with E-state index in [2.05, 4.69) is 5.48 Å². The zero-order valence-corrected chi connectivity index (χ0v) is 19.5. The highest BCUT2D eigenvalue weighted by Crippen LogP contribution is 2.49. The van der Waals surface area contributed by atoms with Crippen LogP contribution in [-0.2, 0) is 21.4 Å². The van der Waals surface area contributed by atoms with Crippen LogP contribution < -0.4 is 5.48 Å². The number of likely N-dealkylation sites (tertiary alicyclic amines) is 1. The summed E-state index contributed by atoms with van der Waals surface area (Å²) in [4.78, 5) is 18.9. The van der Waals surface area contributed by atoms with Crippen molar-refractivity contribution >= 4 is 23.2 Å². The maximum atomic E-state index is 14.2. The Morgan fingerprint density at radius 2 is 1.72 bits per heavy atom. The Morgan fingerprint density at radius 1 is 1.06 bits per heavy atom. The van der Waals surface area contributed by atoms with Crippen molar-refractivity contribution < 1.29 is 36.0 Å². The van der Waals surface area contributed by atoms with E-state index in [4.69, 9.17) is 16.4 Å². The van der Waals surface area contributed by atoms with Gasteiger partial charge in [-0.25, -0.2) is 0 Å². The lowest BCUT2D eigenvalue weighted by Crippen LogP contribution is -2.48. The second-order valence-corrected chi connectivity index (χ2v) is 9.92. The number of hydrogen-bond acceptors (Lipinski definition) is 3. The van der Waals surface area contributed by atoms with Crippen LogP contribution in [-0.4, -0.2) is 30.1 Å². The minimum Gasteiger partial charge on any atom is -0.341 e. The van der Waals surface area contributed by atoms with E-state index in [0.29, 0.717) is 43.1 Å². The van der Waals surface area contributed by atoms with Gasteiger partial charge in [0.1, 0.15) is 0 Å². The largest absolute Gasteiger partial charge is 0.428 e. The molecular formula is C25H21ClF6N2O2. The monoisotopic (exact) mass is 530 g/mol. The lowest BCUT2D eigenvalue weighted by molar-refractivity contribution is -0.269. The highest BCUT2D eigenvalue weighted by molar-refractivity contribution is 6.30. The van der Waals surface area contributed by atoms with Gasteiger partial charge in [0.2, 0.25) is 11.5 Å². The van der Waals surface area contributed by atoms with Crippen molar-refractivity contribution in [2.24, 2.45) is 5.92 Å². The lowest BCUT2D eigenvalue weighted by Gasteiger charge is -2.39. The number of amides is 1. The fraction of sp³-hybridized carbons (Fsp3) is 0.400. The summed E-state index contributed by atoms with van der Waals surface area (Å²) in [5, 5.41) is -0.497. The fourth-order valence-electron chi connectivity index (χ4n) is 4.48. The van der Waals surface area contributed by atoms with Crippen LogP contribution >= 0.6 is 11.6 Å². The van der Waals surface area contributed by atoms with Gasteiger partial charge in [0, 0.05) is 36.0 Å². The summed E-state index contributed by atoms with van der Waals surface area (Å²) in [5.41, 5.74) is -1.76. The van der Waals surface area contributed by atoms with E-state index < -0.39 is 34.1 Å². The zero-order valence-electron chi connectivity index (χ0n) is 18.7. The number of hydrogen-bond donors (Lipinski definition) is 1. The summed E-state index contributed by atoms with van der Waals surface area (Å²) in [6, 6.07) is 8.50. The summed E-state index contributed by atoms with van der Waals surface area (Å²) in [5.74, 6) is 0.813. The Balaban J connectivity index is 1.37. The van der Waals surface area contributed by atoms with Crippen LogP contribution in [0.2, 0.25) is 5.02 Å². The Morgan fingerprint density at radius 3 is 2.31 bits per heavy atom. The van der Waals surface area contributed by atoms with Gasteiger partial charge in [-0.05, 0) is 54.2 Å². The van der Waals surface area contributed by atoms with Gasteiger partial charge in [0.25, 0.3) is 0 Å². The van der Waals surface area contributed by atoms with Crippen molar-refractivity contribution in [1.29, 1.82) is 0 Å². The Labute approximate surface area is 207 Å². The molecule has 36 heavy (non-hydrogen) atoms. The number of alkyl halides is 6. The number of hydroxylamine groups is 1. The smallest absolute Gasteiger partial charge is 0.341 e. The number of benzene rings is 2. The van der Waals surface area contributed by atoms with E-state index >= 15 is 0 Å². The van der Waals surface area contributed by atoms with Crippen molar-refractivity contribution in [3.63, 3.8) is 0 Å². The zero-order chi connectivity index (χ0) is 25.9. The van der Waals surface area contributed by atoms with Gasteiger partial charge in [-0.3, -0.25) is 15.1 Å². The minimum absolute atomic E-state index is 0.0396. The second-order valence-electron chi connectivity index (χ2n) is 9.49.